The molecule has 0 aliphatic heterocycles. The normalized spacial score (nSPS) is 9.67. The molecule has 98 valence electrons. The summed E-state index contributed by atoms with van der Waals surface area (Å²) in [5.41, 5.74) is 7.20. The van der Waals surface area contributed by atoms with Gasteiger partial charge in [0.05, 0.1) is 6.54 Å². The fourth-order valence-corrected chi connectivity index (χ4v) is 1.49. The van der Waals surface area contributed by atoms with Crippen molar-refractivity contribution >= 4 is 17.7 Å². The van der Waals surface area contributed by atoms with Crippen LogP contribution in [0.4, 0.5) is 10.5 Å². The number of primary amides is 1. The fourth-order valence-electron chi connectivity index (χ4n) is 1.49. The van der Waals surface area contributed by atoms with Crippen LogP contribution in [-0.4, -0.2) is 32.2 Å². The van der Waals surface area contributed by atoms with Gasteiger partial charge in [0.15, 0.2) is 0 Å². The third kappa shape index (κ3) is 3.97. The molecule has 0 unspecified atom stereocenters. The molecule has 6 nitrogen and oxygen atoms in total. The van der Waals surface area contributed by atoms with Crippen LogP contribution in [0.1, 0.15) is 15.9 Å². The van der Waals surface area contributed by atoms with Gasteiger partial charge in [-0.25, -0.2) is 4.79 Å². The van der Waals surface area contributed by atoms with E-state index in [0.717, 1.165) is 11.3 Å². The summed E-state index contributed by atoms with van der Waals surface area (Å²) in [5, 5.41) is 5.64. The van der Waals surface area contributed by atoms with Crippen LogP contribution >= 0.6 is 0 Å². The van der Waals surface area contributed by atoms with Crippen LogP contribution in [0.15, 0.2) is 18.2 Å². The van der Waals surface area contributed by atoms with Crippen molar-refractivity contribution in [3.8, 4) is 0 Å². The van der Waals surface area contributed by atoms with Crippen LogP contribution in [0.3, 0.4) is 0 Å². The third-order valence-electron chi connectivity index (χ3n) is 2.39. The van der Waals surface area contributed by atoms with Gasteiger partial charge in [-0.15, -0.1) is 0 Å². The zero-order valence-electron chi connectivity index (χ0n) is 10.4. The topological polar surface area (TPSA) is 93.4 Å². The van der Waals surface area contributed by atoms with E-state index in [2.05, 4.69) is 15.4 Å². The molecule has 0 aliphatic carbocycles. The van der Waals surface area contributed by atoms with E-state index in [1.807, 2.05) is 26.1 Å². The average molecular weight is 251 g/mol. The first kappa shape index (κ1) is 13.8. The lowest BCUT2D eigenvalue weighted by Gasteiger charge is -2.09. The van der Waals surface area contributed by atoms with Crippen molar-refractivity contribution < 1.29 is 14.3 Å². The highest BCUT2D eigenvalue weighted by Gasteiger charge is 2.08. The molecule has 6 heteroatoms. The smallest absolute Gasteiger partial charge is 0.404 e. The van der Waals surface area contributed by atoms with E-state index in [1.165, 1.54) is 0 Å². The SMILES string of the molecule is CNc1ccc(C(=O)NCCOC(N)=O)c(C)c1. The molecule has 18 heavy (non-hydrogen) atoms. The Kier molecular flexibility index (Phi) is 4.98. The largest absolute Gasteiger partial charge is 0.448 e. The van der Waals surface area contributed by atoms with Crippen molar-refractivity contribution in [1.82, 2.24) is 5.32 Å². The summed E-state index contributed by atoms with van der Waals surface area (Å²) in [5.74, 6) is -0.205. The Labute approximate surface area is 105 Å². The average Bonchev–Trinajstić information content (AvgIpc) is 2.33. The van der Waals surface area contributed by atoms with Gasteiger partial charge < -0.3 is 21.1 Å². The summed E-state index contributed by atoms with van der Waals surface area (Å²) in [6.07, 6.45) is -0.848. The van der Waals surface area contributed by atoms with Crippen LogP contribution in [0.25, 0.3) is 0 Å². The van der Waals surface area contributed by atoms with Gasteiger partial charge in [0, 0.05) is 18.3 Å². The number of hydrogen-bond donors (Lipinski definition) is 3. The van der Waals surface area contributed by atoms with Crippen molar-refractivity contribution in [3.05, 3.63) is 29.3 Å². The number of amides is 2. The van der Waals surface area contributed by atoms with Gasteiger partial charge in [-0.05, 0) is 30.7 Å². The maximum Gasteiger partial charge on any atom is 0.404 e. The number of rotatable bonds is 5. The molecule has 0 saturated heterocycles. The molecule has 0 spiro atoms. The first-order valence-electron chi connectivity index (χ1n) is 5.53. The van der Waals surface area contributed by atoms with Gasteiger partial charge in [0.2, 0.25) is 0 Å². The Morgan fingerprint density at radius 1 is 1.39 bits per heavy atom. The molecule has 0 aliphatic rings. The number of carbonyl (C=O) groups excluding carboxylic acids is 2. The molecule has 0 radical (unpaired) electrons. The van der Waals surface area contributed by atoms with Crippen molar-refractivity contribution in [2.24, 2.45) is 5.73 Å². The van der Waals surface area contributed by atoms with E-state index in [4.69, 9.17) is 5.73 Å². The molecular weight excluding hydrogens is 234 g/mol. The lowest BCUT2D eigenvalue weighted by atomic mass is 10.1. The quantitative estimate of drug-likeness (QED) is 0.677. The van der Waals surface area contributed by atoms with Crippen LogP contribution in [0.2, 0.25) is 0 Å². The number of nitrogens with one attached hydrogen (secondary N) is 2. The number of hydrogen-bond acceptors (Lipinski definition) is 4. The molecule has 0 fully saturated rings. The molecule has 1 aromatic rings. The lowest BCUT2D eigenvalue weighted by molar-refractivity contribution is 0.0936. The highest BCUT2D eigenvalue weighted by Crippen LogP contribution is 2.14. The number of aryl methyl sites for hydroxylation is 1. The maximum atomic E-state index is 11.8. The van der Waals surface area contributed by atoms with Gasteiger partial charge in [-0.2, -0.15) is 0 Å². The van der Waals surface area contributed by atoms with E-state index in [-0.39, 0.29) is 19.1 Å². The van der Waals surface area contributed by atoms with Crippen molar-refractivity contribution in [2.45, 2.75) is 6.92 Å². The zero-order valence-corrected chi connectivity index (χ0v) is 10.4. The standard InChI is InChI=1S/C12H17N3O3/c1-8-7-9(14-2)3-4-10(8)11(16)15-5-6-18-12(13)17/h3-4,7,14H,5-6H2,1-2H3,(H2,13,17)(H,15,16). The minimum absolute atomic E-state index is 0.0642. The molecule has 1 rings (SSSR count). The van der Waals surface area contributed by atoms with E-state index in [1.54, 1.807) is 6.07 Å². The molecule has 4 N–H and O–H groups in total. The Morgan fingerprint density at radius 2 is 2.11 bits per heavy atom. The summed E-state index contributed by atoms with van der Waals surface area (Å²) in [6, 6.07) is 5.45. The minimum Gasteiger partial charge on any atom is -0.448 e. The Morgan fingerprint density at radius 3 is 2.67 bits per heavy atom. The first-order valence-corrected chi connectivity index (χ1v) is 5.53. The molecule has 0 saturated carbocycles. The third-order valence-corrected chi connectivity index (χ3v) is 2.39. The molecule has 0 bridgehead atoms. The second kappa shape index (κ2) is 6.48. The number of anilines is 1. The van der Waals surface area contributed by atoms with Gasteiger partial charge in [0.1, 0.15) is 6.61 Å². The highest BCUT2D eigenvalue weighted by atomic mass is 16.5. The molecule has 0 atom stereocenters. The van der Waals surface area contributed by atoms with E-state index in [9.17, 15) is 9.59 Å². The summed E-state index contributed by atoms with van der Waals surface area (Å²) < 4.78 is 4.51. The van der Waals surface area contributed by atoms with Gasteiger partial charge >= 0.3 is 6.09 Å². The summed E-state index contributed by atoms with van der Waals surface area (Å²) >= 11 is 0. The molecule has 1 aromatic carbocycles. The number of benzene rings is 1. The van der Waals surface area contributed by atoms with Gasteiger partial charge in [-0.1, -0.05) is 0 Å². The summed E-state index contributed by atoms with van der Waals surface area (Å²) in [7, 11) is 1.82. The minimum atomic E-state index is -0.848. The van der Waals surface area contributed by atoms with E-state index in [0.29, 0.717) is 5.56 Å². The predicted octanol–water partition coefficient (Wildman–Crippen LogP) is 0.862. The molecule has 2 amide bonds. The summed E-state index contributed by atoms with van der Waals surface area (Å²) in [4.78, 5) is 22.1. The van der Waals surface area contributed by atoms with Crippen molar-refractivity contribution in [1.29, 1.82) is 0 Å². The van der Waals surface area contributed by atoms with Crippen molar-refractivity contribution in [2.75, 3.05) is 25.5 Å². The van der Waals surface area contributed by atoms with Crippen LogP contribution in [0, 0.1) is 6.92 Å². The highest BCUT2D eigenvalue weighted by molar-refractivity contribution is 5.96. The predicted molar refractivity (Wildman–Crippen MR) is 68.6 cm³/mol. The molecular formula is C12H17N3O3. The number of ether oxygens (including phenoxy) is 1. The van der Waals surface area contributed by atoms with E-state index >= 15 is 0 Å². The number of nitrogens with two attached hydrogens (primary N) is 1. The van der Waals surface area contributed by atoms with Crippen molar-refractivity contribution in [3.63, 3.8) is 0 Å². The molecule has 0 aromatic heterocycles. The fraction of sp³-hybridized carbons (Fsp3) is 0.333. The Bertz CT molecular complexity index is 446. The number of carbonyl (C=O) groups is 2. The second-order valence-electron chi connectivity index (χ2n) is 3.70. The van der Waals surface area contributed by atoms with E-state index < -0.39 is 6.09 Å². The zero-order chi connectivity index (χ0) is 13.5. The van der Waals surface area contributed by atoms with Gasteiger partial charge in [-0.3, -0.25) is 4.79 Å². The first-order chi connectivity index (χ1) is 8.54. The van der Waals surface area contributed by atoms with Gasteiger partial charge in [0.25, 0.3) is 5.91 Å². The Balaban J connectivity index is 2.54. The molecule has 0 heterocycles. The van der Waals surface area contributed by atoms with Crippen LogP contribution in [-0.2, 0) is 4.74 Å². The lowest BCUT2D eigenvalue weighted by Crippen LogP contribution is -2.29. The monoisotopic (exact) mass is 251 g/mol. The Hall–Kier alpha value is -2.24. The van der Waals surface area contributed by atoms with Crippen LogP contribution < -0.4 is 16.4 Å². The van der Waals surface area contributed by atoms with Crippen LogP contribution in [0.5, 0.6) is 0 Å². The maximum absolute atomic E-state index is 11.8. The second-order valence-corrected chi connectivity index (χ2v) is 3.70. The summed E-state index contributed by atoms with van der Waals surface area (Å²) in [6.45, 7) is 2.15.